The SMILES string of the molecule is CC(=O)Oc1ccc([C@@H](ON=C(C(=O)N[C@@H]2C(=O)N3C(C(=O)O)=C(/C=C\c4cncs4)CS[C@@H]23)c2csc(N)n2)C(=O)O)cc1OC(C)=O.O=C(O)C(F)(F)F. The minimum atomic E-state index is -5.08. The lowest BCUT2D eigenvalue weighted by Crippen LogP contribution is -2.71. The highest BCUT2D eigenvalue weighted by molar-refractivity contribution is 8.00. The van der Waals surface area contributed by atoms with Crippen LogP contribution in [-0.4, -0.2) is 101 Å². The monoisotopic (exact) mass is 842 g/mol. The molecule has 0 aliphatic carbocycles. The summed E-state index contributed by atoms with van der Waals surface area (Å²) >= 11 is 3.53. The van der Waals surface area contributed by atoms with Gasteiger partial charge in [0.15, 0.2) is 22.3 Å². The number of halogens is 3. The molecule has 296 valence electrons. The summed E-state index contributed by atoms with van der Waals surface area (Å²) in [4.78, 5) is 98.4. The number of rotatable bonds is 12. The third kappa shape index (κ3) is 10.4. The smallest absolute Gasteiger partial charge is 0.478 e. The molecule has 0 radical (unpaired) electrons. The number of benzene rings is 1. The van der Waals surface area contributed by atoms with Crippen LogP contribution in [0.25, 0.3) is 6.08 Å². The number of esters is 2. The minimum absolute atomic E-state index is 0.0428. The molecular formula is C31H25F3N6O13S3. The van der Waals surface area contributed by atoms with E-state index in [0.29, 0.717) is 5.57 Å². The summed E-state index contributed by atoms with van der Waals surface area (Å²) in [6.45, 7) is 2.20. The fourth-order valence-corrected chi connectivity index (χ4v) is 6.97. The number of allylic oxidation sites excluding steroid dienone is 1. The van der Waals surface area contributed by atoms with Crippen molar-refractivity contribution in [1.29, 1.82) is 0 Å². The molecule has 19 nitrogen and oxygen atoms in total. The van der Waals surface area contributed by atoms with Gasteiger partial charge in [-0.3, -0.25) is 29.1 Å². The molecule has 2 aliphatic rings. The first kappa shape index (κ1) is 42.4. The van der Waals surface area contributed by atoms with E-state index in [-0.39, 0.29) is 39.3 Å². The maximum Gasteiger partial charge on any atom is 0.490 e. The number of carboxylic acids is 3. The van der Waals surface area contributed by atoms with Crippen LogP contribution in [0.5, 0.6) is 11.5 Å². The lowest BCUT2D eigenvalue weighted by molar-refractivity contribution is -0.192. The van der Waals surface area contributed by atoms with Crippen molar-refractivity contribution >= 4 is 93.0 Å². The Kier molecular flexibility index (Phi) is 13.5. The maximum absolute atomic E-state index is 13.6. The predicted octanol–water partition coefficient (Wildman–Crippen LogP) is 2.66. The van der Waals surface area contributed by atoms with Gasteiger partial charge in [-0.25, -0.2) is 19.4 Å². The second-order valence-corrected chi connectivity index (χ2v) is 13.7. The zero-order valence-electron chi connectivity index (χ0n) is 28.2. The number of alkyl halides is 3. The summed E-state index contributed by atoms with van der Waals surface area (Å²) in [5.74, 6) is -9.07. The number of aliphatic carboxylic acids is 3. The first-order valence-corrected chi connectivity index (χ1v) is 17.9. The van der Waals surface area contributed by atoms with Gasteiger partial charge in [-0.05, 0) is 23.8 Å². The van der Waals surface area contributed by atoms with E-state index in [1.807, 2.05) is 0 Å². The summed E-state index contributed by atoms with van der Waals surface area (Å²) in [6.07, 6.45) is -2.06. The summed E-state index contributed by atoms with van der Waals surface area (Å²) in [6, 6.07) is 2.32. The first-order valence-electron chi connectivity index (χ1n) is 15.1. The van der Waals surface area contributed by atoms with Crippen LogP contribution in [-0.2, 0) is 38.4 Å². The molecule has 0 saturated carbocycles. The van der Waals surface area contributed by atoms with Crippen molar-refractivity contribution < 1.29 is 76.4 Å². The molecule has 6 N–H and O–H groups in total. The van der Waals surface area contributed by atoms with Crippen LogP contribution in [0.3, 0.4) is 0 Å². The molecule has 56 heavy (non-hydrogen) atoms. The highest BCUT2D eigenvalue weighted by Gasteiger charge is 2.54. The number of amides is 2. The molecule has 2 aromatic heterocycles. The van der Waals surface area contributed by atoms with E-state index in [1.54, 1.807) is 23.9 Å². The van der Waals surface area contributed by atoms with Crippen LogP contribution >= 0.6 is 34.4 Å². The molecule has 3 aromatic rings. The van der Waals surface area contributed by atoms with Crippen LogP contribution in [0.15, 0.2) is 57.8 Å². The van der Waals surface area contributed by atoms with Crippen molar-refractivity contribution in [3.8, 4) is 11.5 Å². The fraction of sp³-hybridized carbons (Fsp3) is 0.226. The second kappa shape index (κ2) is 17.9. The molecule has 5 rings (SSSR count). The Labute approximate surface area is 323 Å². The van der Waals surface area contributed by atoms with Gasteiger partial charge in [0, 0.05) is 41.6 Å². The number of oxime groups is 1. The van der Waals surface area contributed by atoms with Crippen LogP contribution in [0, 0.1) is 0 Å². The van der Waals surface area contributed by atoms with Gasteiger partial charge in [-0.1, -0.05) is 17.3 Å². The molecule has 3 atom stereocenters. The standard InChI is InChI=1S/C29H24N6O11S3.C2HF3O2/c1-12(36)44-18-6-4-14(7-19(18)45-13(2)37)23(28(42)43)46-34-20(17-10-48-29(30)32-17)24(38)33-21-25(39)35-22(27(40)41)15(9-47-26(21)35)3-5-16-8-31-11-49-16;3-2(4,5)1(6)7/h3-8,10-11,21,23,26H,9H2,1-2H3,(H2,30,32)(H,33,38)(H,40,41)(H,42,43);(H,6,7)/b5-3-,34-20?;/t21-,23-,26+;/m1./s1. The summed E-state index contributed by atoms with van der Waals surface area (Å²) in [7, 11) is 0. The minimum Gasteiger partial charge on any atom is -0.478 e. The lowest BCUT2D eigenvalue weighted by Gasteiger charge is -2.49. The lowest BCUT2D eigenvalue weighted by atomic mass is 10.0. The molecule has 0 bridgehead atoms. The fourth-order valence-electron chi connectivity index (χ4n) is 4.59. The van der Waals surface area contributed by atoms with E-state index < -0.39 is 71.1 Å². The van der Waals surface area contributed by atoms with Gasteiger partial charge in [-0.15, -0.1) is 34.4 Å². The van der Waals surface area contributed by atoms with Crippen LogP contribution < -0.4 is 20.5 Å². The Balaban J connectivity index is 0.000000908. The van der Waals surface area contributed by atoms with Crippen molar-refractivity contribution in [1.82, 2.24) is 20.2 Å². The van der Waals surface area contributed by atoms with E-state index in [2.05, 4.69) is 20.4 Å². The predicted molar refractivity (Wildman–Crippen MR) is 188 cm³/mol. The third-order valence-corrected chi connectivity index (χ3v) is 9.58. The topological polar surface area (TPSA) is 287 Å². The average Bonchev–Trinajstić information content (AvgIpc) is 3.79. The highest BCUT2D eigenvalue weighted by Crippen LogP contribution is 2.41. The van der Waals surface area contributed by atoms with E-state index in [4.69, 9.17) is 29.9 Å². The van der Waals surface area contributed by atoms with Crippen molar-refractivity contribution in [2.45, 2.75) is 37.5 Å². The van der Waals surface area contributed by atoms with E-state index >= 15 is 0 Å². The van der Waals surface area contributed by atoms with E-state index in [1.165, 1.54) is 40.6 Å². The van der Waals surface area contributed by atoms with Gasteiger partial charge >= 0.3 is 36.0 Å². The number of carboxylic acid groups (broad SMARTS) is 3. The zero-order valence-corrected chi connectivity index (χ0v) is 30.7. The number of ether oxygens (including phenoxy) is 2. The zero-order chi connectivity index (χ0) is 41.5. The second-order valence-electron chi connectivity index (χ2n) is 10.8. The normalized spacial score (nSPS) is 17.1. The first-order chi connectivity index (χ1) is 26.3. The molecule has 4 heterocycles. The van der Waals surface area contributed by atoms with Crippen molar-refractivity contribution in [3.63, 3.8) is 0 Å². The number of nitrogens with two attached hydrogens (primary N) is 1. The summed E-state index contributed by atoms with van der Waals surface area (Å²) < 4.78 is 41.8. The maximum atomic E-state index is 13.6. The largest absolute Gasteiger partial charge is 0.490 e. The number of aromatic nitrogens is 2. The van der Waals surface area contributed by atoms with Crippen LogP contribution in [0.2, 0.25) is 0 Å². The molecule has 25 heteroatoms. The van der Waals surface area contributed by atoms with E-state index in [0.717, 1.165) is 41.0 Å². The number of thiazole rings is 2. The molecule has 2 amide bonds. The number of fused-ring (bicyclic) bond motifs is 1. The van der Waals surface area contributed by atoms with Gasteiger partial charge < -0.3 is 40.7 Å². The van der Waals surface area contributed by atoms with Gasteiger partial charge in [0.05, 0.1) is 5.51 Å². The van der Waals surface area contributed by atoms with Crippen LogP contribution in [0.4, 0.5) is 18.3 Å². The quantitative estimate of drug-likeness (QED) is 0.0576. The number of β-lactam (4-membered cyclic amide) rings is 1. The van der Waals surface area contributed by atoms with Crippen molar-refractivity contribution in [2.75, 3.05) is 11.5 Å². The average molecular weight is 843 g/mol. The van der Waals surface area contributed by atoms with Crippen molar-refractivity contribution in [3.05, 3.63) is 68.8 Å². The highest BCUT2D eigenvalue weighted by atomic mass is 32.2. The Morgan fingerprint density at radius 2 is 1.71 bits per heavy atom. The molecule has 0 unspecified atom stereocenters. The number of nitrogens with one attached hydrogen (secondary N) is 1. The molecular weight excluding hydrogens is 818 g/mol. The number of thioether (sulfide) groups is 1. The molecule has 1 fully saturated rings. The van der Waals surface area contributed by atoms with Gasteiger partial charge in [0.1, 0.15) is 22.8 Å². The third-order valence-electron chi connectivity index (χ3n) is 6.86. The number of anilines is 1. The van der Waals surface area contributed by atoms with Gasteiger partial charge in [0.2, 0.25) is 6.10 Å². The number of carbonyl (C=O) groups excluding carboxylic acids is 4. The number of hydrogen-bond donors (Lipinski definition) is 5. The Hall–Kier alpha value is -6.34. The van der Waals surface area contributed by atoms with E-state index in [9.17, 15) is 52.2 Å². The Morgan fingerprint density at radius 1 is 1.05 bits per heavy atom. The summed E-state index contributed by atoms with van der Waals surface area (Å²) in [5.41, 5.74) is 6.80. The Morgan fingerprint density at radius 3 is 2.25 bits per heavy atom. The number of nitrogen functional groups attached to an aromatic ring is 1. The number of nitrogens with zero attached hydrogens (tertiary/aromatic N) is 4. The van der Waals surface area contributed by atoms with Gasteiger partial charge in [-0.2, -0.15) is 13.2 Å². The molecule has 0 spiro atoms. The number of carbonyl (C=O) groups is 7. The molecule has 1 aromatic carbocycles. The molecule has 2 aliphatic heterocycles. The summed E-state index contributed by atoms with van der Waals surface area (Å²) in [5, 5.41) is 33.9. The Bertz CT molecular complexity index is 2150. The van der Waals surface area contributed by atoms with Crippen molar-refractivity contribution in [2.24, 2.45) is 5.16 Å². The van der Waals surface area contributed by atoms with Gasteiger partial charge in [0.25, 0.3) is 11.8 Å². The van der Waals surface area contributed by atoms with Crippen LogP contribution in [0.1, 0.15) is 36.1 Å². The molecule has 1 saturated heterocycles. The number of hydrogen-bond acceptors (Lipinski definition) is 17.